The summed E-state index contributed by atoms with van der Waals surface area (Å²) in [6.45, 7) is 4.29. The molecule has 0 saturated carbocycles. The van der Waals surface area contributed by atoms with Gasteiger partial charge < -0.3 is 0 Å². The summed E-state index contributed by atoms with van der Waals surface area (Å²) in [5.41, 5.74) is 0. The molecule has 0 N–H and O–H groups in total. The van der Waals surface area contributed by atoms with Gasteiger partial charge in [0.1, 0.15) is 0 Å². The molecule has 0 spiro atoms. The zero-order valence-corrected chi connectivity index (χ0v) is 10.7. The topological polar surface area (TPSA) is 0 Å². The molecule has 0 aliphatic heterocycles. The van der Waals surface area contributed by atoms with Crippen molar-refractivity contribution < 1.29 is 20.8 Å². The van der Waals surface area contributed by atoms with Crippen molar-refractivity contribution in [3.05, 3.63) is 22.7 Å². The van der Waals surface area contributed by atoms with Gasteiger partial charge in [-0.05, 0) is 0 Å². The molecule has 0 aliphatic carbocycles. The van der Waals surface area contributed by atoms with Crippen LogP contribution in [0, 0.1) is 13.8 Å². The van der Waals surface area contributed by atoms with Crippen LogP contribution >= 0.6 is 25.2 Å². The van der Waals surface area contributed by atoms with Gasteiger partial charge in [0.2, 0.25) is 0 Å². The Hall–Kier alpha value is 1.24. The van der Waals surface area contributed by atoms with Crippen LogP contribution < -0.4 is 0 Å². The molecule has 10 heavy (non-hydrogen) atoms. The molecule has 0 bridgehead atoms. The van der Waals surface area contributed by atoms with Gasteiger partial charge in [0.25, 0.3) is 0 Å². The van der Waals surface area contributed by atoms with Crippen LogP contribution in [0.2, 0.25) is 0 Å². The maximum atomic E-state index is 4.93. The van der Waals surface area contributed by atoms with E-state index in [2.05, 4.69) is 26.0 Å². The zero-order chi connectivity index (χ0) is 7.98. The van der Waals surface area contributed by atoms with Crippen LogP contribution in [-0.2, 0) is 20.8 Å². The summed E-state index contributed by atoms with van der Waals surface area (Å²) >= 11 is -0.826. The third kappa shape index (κ3) is 5.99. The van der Waals surface area contributed by atoms with Crippen molar-refractivity contribution in [1.82, 2.24) is 0 Å². The Morgan fingerprint density at radius 3 is 2.20 bits per heavy atom. The van der Waals surface area contributed by atoms with Gasteiger partial charge in [-0.2, -0.15) is 11.4 Å². The molecule has 1 aromatic rings. The predicted molar refractivity (Wildman–Crippen MR) is 45.7 cm³/mol. The molecule has 0 unspecified atom stereocenters. The van der Waals surface area contributed by atoms with Gasteiger partial charge >= 0.3 is 37.9 Å². The van der Waals surface area contributed by atoms with E-state index in [9.17, 15) is 0 Å². The molecule has 0 nitrogen and oxygen atoms in total. The average Bonchev–Trinajstić information content (AvgIpc) is 2.17. The van der Waals surface area contributed by atoms with Crippen LogP contribution in [0.3, 0.4) is 0 Å². The van der Waals surface area contributed by atoms with Gasteiger partial charge in [0, 0.05) is 0 Å². The fraction of sp³-hybridized carbons (Fsp3) is 0.333. The Morgan fingerprint density at radius 1 is 1.60 bits per heavy atom. The number of halogens is 2. The van der Waals surface area contributed by atoms with Crippen molar-refractivity contribution in [2.75, 3.05) is 0 Å². The van der Waals surface area contributed by atoms with Crippen molar-refractivity contribution in [3.63, 3.8) is 0 Å². The van der Waals surface area contributed by atoms with Gasteiger partial charge in [0.05, 0.1) is 0 Å². The number of rotatable bonds is 0. The van der Waals surface area contributed by atoms with Crippen molar-refractivity contribution in [2.45, 2.75) is 13.8 Å². The second-order valence-corrected chi connectivity index (χ2v) is 7.17. The summed E-state index contributed by atoms with van der Waals surface area (Å²) in [7, 11) is 11.3. The van der Waals surface area contributed by atoms with Crippen molar-refractivity contribution in [1.29, 1.82) is 0 Å². The summed E-state index contributed by atoms with van der Waals surface area (Å²) in [6, 6.07) is 4.33. The first-order valence-corrected chi connectivity index (χ1v) is 9.96. The molecule has 0 radical (unpaired) electrons. The van der Waals surface area contributed by atoms with E-state index >= 15 is 0 Å². The first kappa shape index (κ1) is 11.2. The molecule has 56 valence electrons. The summed E-state index contributed by atoms with van der Waals surface area (Å²) < 4.78 is 0. The maximum absolute atomic E-state index is 4.93. The standard InChI is InChI=1S/C6H8P.2ClH.Zr/c1-5-3-4-6(2)7-5;;;/h3-4H,1-2H3;2*1H;/q-1;;;+2/p-2. The average molecular weight is 273 g/mol. The SMILES string of the molecule is Cc1cc[c-](C)p1.[Cl][Zr][Cl]. The molecule has 0 saturated heterocycles. The molecule has 0 atom stereocenters. The summed E-state index contributed by atoms with van der Waals surface area (Å²) in [6.07, 6.45) is 0. The van der Waals surface area contributed by atoms with Gasteiger partial charge in [0.15, 0.2) is 0 Å². The first-order chi connectivity index (χ1) is 4.70. The molecule has 0 amide bonds. The Labute approximate surface area is 82.1 Å². The van der Waals surface area contributed by atoms with Crippen molar-refractivity contribution in [2.24, 2.45) is 0 Å². The van der Waals surface area contributed by atoms with Gasteiger partial charge in [-0.25, -0.2) is 14.3 Å². The van der Waals surface area contributed by atoms with Gasteiger partial charge in [-0.15, -0.1) is 5.30 Å². The zero-order valence-electron chi connectivity index (χ0n) is 5.86. The number of aryl methyl sites for hydroxylation is 2. The molecule has 1 rings (SSSR count). The Bertz CT molecular complexity index is 160. The molecule has 0 fully saturated rings. The normalized spacial score (nSPS) is 8.80. The number of hydrogen-bond donors (Lipinski definition) is 0. The van der Waals surface area contributed by atoms with E-state index < -0.39 is 20.8 Å². The fourth-order valence-electron chi connectivity index (χ4n) is 0.594. The molecular formula is C6H8Cl2PZr-. The monoisotopic (exact) mass is 271 g/mol. The van der Waals surface area contributed by atoms with Crippen LogP contribution in [0.15, 0.2) is 12.1 Å². The van der Waals surface area contributed by atoms with Gasteiger partial charge in [-0.3, -0.25) is 0 Å². The molecule has 1 heterocycles. The molecule has 1 aromatic heterocycles. The minimum atomic E-state index is -0.826. The Balaban J connectivity index is 0.000000236. The van der Waals surface area contributed by atoms with E-state index in [1.807, 2.05) is 0 Å². The van der Waals surface area contributed by atoms with Crippen LogP contribution in [0.1, 0.15) is 10.6 Å². The van der Waals surface area contributed by atoms with Crippen molar-refractivity contribution in [3.8, 4) is 0 Å². The number of hydrogen-bond acceptors (Lipinski definition) is 0. The summed E-state index contributed by atoms with van der Waals surface area (Å²) in [4.78, 5) is 0. The van der Waals surface area contributed by atoms with Crippen molar-refractivity contribution >= 4 is 25.2 Å². The Kier molecular flexibility index (Phi) is 7.78. The van der Waals surface area contributed by atoms with Crippen LogP contribution in [0.5, 0.6) is 0 Å². The van der Waals surface area contributed by atoms with Crippen LogP contribution in [0.4, 0.5) is 0 Å². The van der Waals surface area contributed by atoms with E-state index in [0.717, 1.165) is 0 Å². The second-order valence-electron chi connectivity index (χ2n) is 1.80. The van der Waals surface area contributed by atoms with E-state index in [4.69, 9.17) is 17.0 Å². The van der Waals surface area contributed by atoms with Gasteiger partial charge in [-0.1, -0.05) is 13.8 Å². The van der Waals surface area contributed by atoms with E-state index in [1.165, 1.54) is 18.8 Å². The molecule has 0 aromatic carbocycles. The predicted octanol–water partition coefficient (Wildman–Crippen LogP) is 3.98. The fourth-order valence-corrected chi connectivity index (χ4v) is 1.45. The van der Waals surface area contributed by atoms with Crippen LogP contribution in [-0.4, -0.2) is 0 Å². The van der Waals surface area contributed by atoms with Crippen LogP contribution in [0.25, 0.3) is 0 Å². The third-order valence-corrected chi connectivity index (χ3v) is 1.92. The summed E-state index contributed by atoms with van der Waals surface area (Å²) in [5, 5.41) is 2.91. The second kappa shape index (κ2) is 6.92. The van der Waals surface area contributed by atoms with E-state index in [0.29, 0.717) is 0 Å². The first-order valence-electron chi connectivity index (χ1n) is 2.74. The van der Waals surface area contributed by atoms with E-state index in [1.54, 1.807) is 0 Å². The summed E-state index contributed by atoms with van der Waals surface area (Å²) in [5.74, 6) is 0. The third-order valence-electron chi connectivity index (χ3n) is 0.918. The Morgan fingerprint density at radius 2 is 2.10 bits per heavy atom. The van der Waals surface area contributed by atoms with E-state index in [-0.39, 0.29) is 0 Å². The molecule has 4 heteroatoms. The molecular weight excluding hydrogens is 265 g/mol. The minimum absolute atomic E-state index is 0.826. The molecule has 0 aliphatic rings. The quantitative estimate of drug-likeness (QED) is 0.627.